The average molecular weight is 347 g/mol. The second-order valence-corrected chi connectivity index (χ2v) is 8.35. The molecule has 22 heavy (non-hydrogen) atoms. The predicted octanol–water partition coefficient (Wildman–Crippen LogP) is 7.72. The maximum absolute atomic E-state index is 4.66. The van der Waals surface area contributed by atoms with Gasteiger partial charge in [-0.1, -0.05) is 84.5 Å². The number of rotatable bonds is 17. The van der Waals surface area contributed by atoms with Crippen LogP contribution in [0.3, 0.4) is 0 Å². The van der Waals surface area contributed by atoms with Crippen LogP contribution in [0, 0.1) is 5.92 Å². The Kier molecular flexibility index (Phi) is 18.6. The monoisotopic (exact) mass is 346 g/mol. The van der Waals surface area contributed by atoms with Crippen molar-refractivity contribution in [2.75, 3.05) is 5.75 Å². The van der Waals surface area contributed by atoms with Gasteiger partial charge in [-0.15, -0.1) is 0 Å². The maximum Gasteiger partial charge on any atom is 0.00168 e. The first-order valence-corrected chi connectivity index (χ1v) is 11.1. The molecular formula is C20H42S2. The van der Waals surface area contributed by atoms with E-state index in [-0.39, 0.29) is 0 Å². The van der Waals surface area contributed by atoms with Crippen molar-refractivity contribution < 1.29 is 0 Å². The van der Waals surface area contributed by atoms with E-state index in [2.05, 4.69) is 39.1 Å². The quantitative estimate of drug-likeness (QED) is 0.195. The first-order chi connectivity index (χ1) is 10.7. The third-order valence-electron chi connectivity index (χ3n) is 4.72. The van der Waals surface area contributed by atoms with E-state index in [1.165, 1.54) is 96.3 Å². The minimum atomic E-state index is 0.639. The summed E-state index contributed by atoms with van der Waals surface area (Å²) in [5, 5.41) is 0.639. The molecule has 0 aromatic heterocycles. The highest BCUT2D eigenvalue weighted by Gasteiger charge is 2.06. The second-order valence-electron chi connectivity index (χ2n) is 7.17. The van der Waals surface area contributed by atoms with Crippen LogP contribution in [0.25, 0.3) is 0 Å². The Bertz CT molecular complexity index is 206. The van der Waals surface area contributed by atoms with Crippen LogP contribution in [0.15, 0.2) is 0 Å². The van der Waals surface area contributed by atoms with Crippen LogP contribution >= 0.6 is 25.3 Å². The van der Waals surface area contributed by atoms with Crippen molar-refractivity contribution >= 4 is 25.3 Å². The Morgan fingerprint density at radius 1 is 0.636 bits per heavy atom. The van der Waals surface area contributed by atoms with Gasteiger partial charge in [0, 0.05) is 5.25 Å². The minimum Gasteiger partial charge on any atom is -0.179 e. The molecule has 0 saturated carbocycles. The summed E-state index contributed by atoms with van der Waals surface area (Å²) >= 11 is 8.92. The first kappa shape index (κ1) is 22.7. The maximum atomic E-state index is 4.66. The van der Waals surface area contributed by atoms with Crippen LogP contribution in [0.4, 0.5) is 0 Å². The molecule has 134 valence electrons. The zero-order chi connectivity index (χ0) is 16.5. The lowest BCUT2D eigenvalue weighted by atomic mass is 9.96. The molecule has 0 aliphatic heterocycles. The van der Waals surface area contributed by atoms with E-state index in [1.54, 1.807) is 0 Å². The molecule has 0 amide bonds. The van der Waals surface area contributed by atoms with Gasteiger partial charge in [-0.25, -0.2) is 0 Å². The highest BCUT2D eigenvalue weighted by Crippen LogP contribution is 2.20. The van der Waals surface area contributed by atoms with Crippen molar-refractivity contribution in [1.82, 2.24) is 0 Å². The Labute approximate surface area is 152 Å². The summed E-state index contributed by atoms with van der Waals surface area (Å²) in [6.07, 6.45) is 20.9. The number of hydrogen-bond acceptors (Lipinski definition) is 2. The van der Waals surface area contributed by atoms with Crippen LogP contribution in [0.2, 0.25) is 0 Å². The third kappa shape index (κ3) is 17.1. The summed E-state index contributed by atoms with van der Waals surface area (Å²) < 4.78 is 0. The van der Waals surface area contributed by atoms with Gasteiger partial charge in [-0.2, -0.15) is 25.3 Å². The molecule has 0 aliphatic rings. The van der Waals surface area contributed by atoms with Gasteiger partial charge in [0.1, 0.15) is 0 Å². The molecule has 0 N–H and O–H groups in total. The van der Waals surface area contributed by atoms with Crippen molar-refractivity contribution in [3.8, 4) is 0 Å². The highest BCUT2D eigenvalue weighted by atomic mass is 32.1. The summed E-state index contributed by atoms with van der Waals surface area (Å²) in [6.45, 7) is 4.69. The summed E-state index contributed by atoms with van der Waals surface area (Å²) in [4.78, 5) is 0. The lowest BCUT2D eigenvalue weighted by Crippen LogP contribution is -2.02. The normalized spacial score (nSPS) is 14.2. The SMILES string of the molecule is CCCC(S)CCC(C)CCCCCCCCCCCCS. The minimum absolute atomic E-state index is 0.639. The smallest absolute Gasteiger partial charge is 0.00168 e. The van der Waals surface area contributed by atoms with Gasteiger partial charge >= 0.3 is 0 Å². The number of unbranched alkanes of at least 4 members (excludes halogenated alkanes) is 9. The largest absolute Gasteiger partial charge is 0.179 e. The predicted molar refractivity (Wildman–Crippen MR) is 111 cm³/mol. The van der Waals surface area contributed by atoms with Crippen molar-refractivity contribution in [1.29, 1.82) is 0 Å². The molecule has 0 heterocycles. The van der Waals surface area contributed by atoms with Gasteiger partial charge in [0.15, 0.2) is 0 Å². The molecule has 0 spiro atoms. The topological polar surface area (TPSA) is 0 Å². The highest BCUT2D eigenvalue weighted by molar-refractivity contribution is 7.81. The molecule has 0 aromatic carbocycles. The van der Waals surface area contributed by atoms with E-state index in [9.17, 15) is 0 Å². The van der Waals surface area contributed by atoms with E-state index in [0.29, 0.717) is 5.25 Å². The van der Waals surface area contributed by atoms with Crippen molar-refractivity contribution in [2.24, 2.45) is 5.92 Å². The molecule has 0 saturated heterocycles. The Hall–Kier alpha value is 0.700. The van der Waals surface area contributed by atoms with Crippen molar-refractivity contribution in [2.45, 2.75) is 115 Å². The Morgan fingerprint density at radius 3 is 1.64 bits per heavy atom. The molecule has 0 bridgehead atoms. The second kappa shape index (κ2) is 18.0. The summed E-state index contributed by atoms with van der Waals surface area (Å²) in [5.41, 5.74) is 0. The molecule has 0 aliphatic carbocycles. The van der Waals surface area contributed by atoms with Crippen molar-refractivity contribution in [3.05, 3.63) is 0 Å². The molecule has 0 nitrogen and oxygen atoms in total. The number of hydrogen-bond donors (Lipinski definition) is 2. The molecule has 0 aromatic rings. The van der Waals surface area contributed by atoms with Crippen LogP contribution in [0.1, 0.15) is 110 Å². The Morgan fingerprint density at radius 2 is 1.14 bits per heavy atom. The summed E-state index contributed by atoms with van der Waals surface area (Å²) in [7, 11) is 0. The molecular weight excluding hydrogens is 304 g/mol. The number of thiol groups is 2. The van der Waals surface area contributed by atoms with Crippen LogP contribution < -0.4 is 0 Å². The van der Waals surface area contributed by atoms with E-state index in [0.717, 1.165) is 11.7 Å². The third-order valence-corrected chi connectivity index (χ3v) is 5.55. The fourth-order valence-corrected chi connectivity index (χ4v) is 3.75. The van der Waals surface area contributed by atoms with Gasteiger partial charge < -0.3 is 0 Å². The fourth-order valence-electron chi connectivity index (χ4n) is 3.12. The first-order valence-electron chi connectivity index (χ1n) is 9.99. The Balaban J connectivity index is 3.18. The van der Waals surface area contributed by atoms with E-state index in [4.69, 9.17) is 0 Å². The lowest BCUT2D eigenvalue weighted by Gasteiger charge is -2.14. The van der Waals surface area contributed by atoms with E-state index < -0.39 is 0 Å². The molecule has 2 atom stereocenters. The standard InChI is InChI=1S/C20H42S2/c1-3-14-20(22)17-16-19(2)15-12-10-8-6-4-5-7-9-11-13-18-21/h19-22H,3-18H2,1-2H3. The van der Waals surface area contributed by atoms with Gasteiger partial charge in [0.05, 0.1) is 0 Å². The van der Waals surface area contributed by atoms with E-state index >= 15 is 0 Å². The molecule has 0 rings (SSSR count). The van der Waals surface area contributed by atoms with Gasteiger partial charge in [-0.05, 0) is 37.4 Å². The van der Waals surface area contributed by atoms with Crippen LogP contribution in [-0.4, -0.2) is 11.0 Å². The van der Waals surface area contributed by atoms with Gasteiger partial charge in [0.25, 0.3) is 0 Å². The molecule has 0 radical (unpaired) electrons. The van der Waals surface area contributed by atoms with E-state index in [1.807, 2.05) is 0 Å². The zero-order valence-corrected chi connectivity index (χ0v) is 17.2. The molecule has 2 heteroatoms. The van der Waals surface area contributed by atoms with Gasteiger partial charge in [-0.3, -0.25) is 0 Å². The van der Waals surface area contributed by atoms with Gasteiger partial charge in [0.2, 0.25) is 0 Å². The fraction of sp³-hybridized carbons (Fsp3) is 1.00. The molecule has 0 fully saturated rings. The summed E-state index contributed by atoms with van der Waals surface area (Å²) in [6, 6.07) is 0. The van der Waals surface area contributed by atoms with Crippen molar-refractivity contribution in [3.63, 3.8) is 0 Å². The molecule has 2 unspecified atom stereocenters. The lowest BCUT2D eigenvalue weighted by molar-refractivity contribution is 0.436. The summed E-state index contributed by atoms with van der Waals surface area (Å²) in [5.74, 6) is 1.96. The zero-order valence-electron chi connectivity index (χ0n) is 15.4. The average Bonchev–Trinajstić information content (AvgIpc) is 2.51. The van der Waals surface area contributed by atoms with Crippen LogP contribution in [-0.2, 0) is 0 Å². The van der Waals surface area contributed by atoms with Crippen LogP contribution in [0.5, 0.6) is 0 Å².